The van der Waals surface area contributed by atoms with Gasteiger partial charge in [-0.05, 0) is 241 Å². The van der Waals surface area contributed by atoms with Crippen LogP contribution in [0.3, 0.4) is 0 Å². The Morgan fingerprint density at radius 1 is 0.545 bits per heavy atom. The number of aromatic amines is 1. The number of carbonyl (C=O) groups excluding carboxylic acids is 6. The summed E-state index contributed by atoms with van der Waals surface area (Å²) in [5.74, 6) is -0.291. The fraction of sp³-hybridized carbons (Fsp3) is 0.381. The second-order valence-corrected chi connectivity index (χ2v) is 32.8. The summed E-state index contributed by atoms with van der Waals surface area (Å²) >= 11 is 33.7. The normalized spacial score (nSPS) is 11.8. The number of likely N-dealkylation sites (N-methyl/N-ethyl adjacent to an activating group) is 2. The molecule has 123 heavy (non-hydrogen) atoms. The number of aromatic nitrogens is 6. The average Bonchev–Trinajstić information content (AvgIpc) is 1.41. The van der Waals surface area contributed by atoms with Crippen LogP contribution >= 0.6 is 130 Å². The number of H-pyrrole nitrogens is 1. The molecule has 9 aromatic rings. The summed E-state index contributed by atoms with van der Waals surface area (Å²) in [6.07, 6.45) is 16.2. The van der Waals surface area contributed by atoms with Gasteiger partial charge in [0.15, 0.2) is 17.2 Å². The molecular weight excluding hydrogens is 2330 g/mol. The van der Waals surface area contributed by atoms with Crippen LogP contribution < -0.4 is 168 Å². The molecule has 6 aromatic carbocycles. The number of aromatic hydroxyl groups is 3. The molecule has 2 atom stereocenters. The molecule has 3 heterocycles. The van der Waals surface area contributed by atoms with Crippen LogP contribution in [0.15, 0.2) is 128 Å². The van der Waals surface area contributed by atoms with Crippen molar-refractivity contribution in [1.82, 2.24) is 40.4 Å². The summed E-state index contributed by atoms with van der Waals surface area (Å²) in [4.78, 5) is 78.6. The molecule has 1 saturated carbocycles. The van der Waals surface area contributed by atoms with E-state index in [0.717, 1.165) is 25.9 Å². The molecule has 0 bridgehead atoms. The monoisotopic (exact) mass is 2430 g/mol. The van der Waals surface area contributed by atoms with E-state index in [0.29, 0.717) is 107 Å². The van der Waals surface area contributed by atoms with Crippen molar-refractivity contribution >= 4 is 172 Å². The Kier molecular flexibility index (Phi) is 66.0. The quantitative estimate of drug-likeness (QED) is 0.00668. The van der Waals surface area contributed by atoms with Gasteiger partial charge in [0.2, 0.25) is 0 Å². The number of phenols is 3. The van der Waals surface area contributed by atoms with Gasteiger partial charge in [0.05, 0.1) is 138 Å². The zero-order valence-electron chi connectivity index (χ0n) is 73.3. The first kappa shape index (κ1) is 121. The van der Waals surface area contributed by atoms with Crippen LogP contribution in [0.5, 0.6) is 34.5 Å². The number of hydrogen-bond donors (Lipinski definition) is 7. The van der Waals surface area contributed by atoms with Gasteiger partial charge < -0.3 is 80.5 Å². The average molecular weight is 2430 g/mol. The minimum absolute atomic E-state index is 0. The van der Waals surface area contributed by atoms with Crippen LogP contribution in [0, 0.1) is 55.2 Å². The summed E-state index contributed by atoms with van der Waals surface area (Å²) in [6, 6.07) is 25.1. The number of ether oxygens (including phenoxy) is 8. The molecule has 7 N–H and O–H groups in total. The molecule has 0 aliphatic heterocycles. The van der Waals surface area contributed by atoms with Crippen molar-refractivity contribution in [2.75, 3.05) is 74.8 Å². The summed E-state index contributed by atoms with van der Waals surface area (Å²) in [7, 11) is 10.6. The standard InChI is InChI=1S/C16H19ClN2O3.C15H17ClN2O3.C12H14ClIO3.C8H6ClIO3.C8H7IO3.C8H18N2.C8H8O3.C4H9Br.C4H6N2.CH2O3.2Cs.H/c1-10(2)9-22-15-13(19-8-11(3)7-18-19)6-5-12(14(15)17)16(20)21-4;1-9(2)8-21-14-12(18-7-10(3)6-17-18)5-4-11(13(14)16)15(19)20;1-7(2)6-17-11-9(14)5-4-8(10(11)13)12(15)16-3;1-13-8(12)4-2-3-5(10)7(11)6(4)9;1-12-8(11)5-2-3-6(9)7(10)4-5;1-9-7-5-3-4-6-8(7)10-2;1-11-8(10)6-3-2-4-7(9)5-6;1-4(2)3-5;1-4-2-5-6-3-4;2-1-4-3;;;/h5-8,10H,9H2,1-4H3;4-7,9H,8H2,1-3H3,(H,19,20);4-5,7H,6H2,1-3H3;2-3,11H,1H3;2-4,10H,1H3;7-10H,3-6H2,1-2H3;2-5,9H,1H3;4H,3H2,1-2H3;2-3H,1H3,(H,5,6);1,3H;;;/q;;;;;;;;;;2*+1;-1/p-1/t;;;;;7-,8-;;;;;;;/m.....1......./s1. The molecule has 0 saturated heterocycles. The number of methoxy groups -OCH3 is 5. The number of rotatable bonds is 21. The van der Waals surface area contributed by atoms with Crippen LogP contribution in [-0.2, 0) is 33.4 Å². The van der Waals surface area contributed by atoms with Crippen molar-refractivity contribution in [3.8, 4) is 45.9 Å². The van der Waals surface area contributed by atoms with E-state index < -0.39 is 35.8 Å². The smallest absolute Gasteiger partial charge is 1.00 e. The van der Waals surface area contributed by atoms with E-state index in [1.54, 1.807) is 88.6 Å². The number of aromatic carboxylic acids is 1. The van der Waals surface area contributed by atoms with E-state index in [4.69, 9.17) is 80.5 Å². The number of nitrogens with zero attached hydrogens (tertiary/aromatic N) is 5. The van der Waals surface area contributed by atoms with E-state index >= 15 is 0 Å². The molecule has 39 heteroatoms. The third-order valence-corrected chi connectivity index (χ3v) is 20.9. The maximum absolute atomic E-state index is 11.8. The van der Waals surface area contributed by atoms with Crippen molar-refractivity contribution in [3.05, 3.63) is 209 Å². The summed E-state index contributed by atoms with van der Waals surface area (Å²) in [5, 5.41) is 68.5. The number of carboxylic acid groups (broad SMARTS) is 1. The number of alkyl halides is 1. The first-order valence-electron chi connectivity index (χ1n) is 37.0. The SMILES string of the molecule is CC(C)CBr.CN[C@@H]1CCCC[C@H]1NC.COC(=O)c1ccc(-n2cc(C)cn2)c(OCC(C)C)c1Cl.COC(=O)c1ccc(I)c(O)c1.COC(=O)c1ccc(I)c(O)c1Cl.COC(=O)c1ccc(I)c(OCC(C)C)c1Cl.COC(=O)c1cccc(O)c1.Cc1cn[nH]c1.Cc1cnn(-c2ccc(C(=O)O)c(Cl)c2OCC(C)C)c1.O=CO[O-].[Cs+].[Cs+].[H-]. The largest absolute Gasteiger partial charge is 1.00 e. The van der Waals surface area contributed by atoms with E-state index in [1.807, 2.05) is 126 Å². The zero-order valence-corrected chi connectivity index (χ0v) is 96.0. The van der Waals surface area contributed by atoms with Crippen molar-refractivity contribution in [2.45, 2.75) is 114 Å². The van der Waals surface area contributed by atoms with Gasteiger partial charge in [-0.15, -0.1) is 0 Å². The van der Waals surface area contributed by atoms with Crippen LogP contribution in [0.4, 0.5) is 0 Å². The van der Waals surface area contributed by atoms with E-state index in [2.05, 4.69) is 121 Å². The minimum Gasteiger partial charge on any atom is -1.00 e. The Morgan fingerprint density at radius 3 is 1.25 bits per heavy atom. The van der Waals surface area contributed by atoms with Crippen LogP contribution in [0.2, 0.25) is 20.1 Å². The Bertz CT molecular complexity index is 4690. The number of phenolic OH excluding ortho intramolecular Hbond substituents is 3. The number of nitrogens with one attached hydrogen (secondary N) is 3. The van der Waals surface area contributed by atoms with Gasteiger partial charge in [0, 0.05) is 36.0 Å². The zero-order chi connectivity index (χ0) is 91.8. The Labute approximate surface area is 907 Å². The van der Waals surface area contributed by atoms with Gasteiger partial charge in [-0.2, -0.15) is 15.3 Å². The maximum Gasteiger partial charge on any atom is 1.00 e. The van der Waals surface area contributed by atoms with Gasteiger partial charge in [-0.1, -0.05) is 137 Å². The molecule has 10 rings (SSSR count). The molecular formula is C84H106BrCl4Cs2I3N8O21. The molecule has 0 spiro atoms. The number of esters is 5. The van der Waals surface area contributed by atoms with Crippen LogP contribution in [0.25, 0.3) is 11.4 Å². The molecule has 1 aliphatic carbocycles. The molecule has 0 radical (unpaired) electrons. The predicted molar refractivity (Wildman–Crippen MR) is 495 cm³/mol. The van der Waals surface area contributed by atoms with Crippen LogP contribution in [-0.4, -0.2) is 179 Å². The number of halogens is 8. The van der Waals surface area contributed by atoms with E-state index in [-0.39, 0.29) is 195 Å². The Hall–Kier alpha value is -4.15. The minimum atomic E-state index is -1.09. The van der Waals surface area contributed by atoms with Crippen molar-refractivity contribution in [2.24, 2.45) is 23.7 Å². The fourth-order valence-corrected chi connectivity index (χ4v) is 12.2. The van der Waals surface area contributed by atoms with E-state index in [1.165, 1.54) is 97.1 Å². The van der Waals surface area contributed by atoms with Gasteiger partial charge in [0.25, 0.3) is 6.47 Å². The number of aryl methyl sites for hydroxylation is 3. The third-order valence-electron chi connectivity index (χ3n) is 15.4. The maximum atomic E-state index is 11.8. The molecule has 666 valence electrons. The number of benzene rings is 6. The molecule has 0 unspecified atom stereocenters. The topological polar surface area (TPSA) is 395 Å². The van der Waals surface area contributed by atoms with Gasteiger partial charge in [-0.25, -0.2) is 38.1 Å². The molecule has 29 nitrogen and oxygen atoms in total. The summed E-state index contributed by atoms with van der Waals surface area (Å²) in [5.41, 5.74) is 5.99. The first-order chi connectivity index (χ1) is 57.2. The van der Waals surface area contributed by atoms with Crippen molar-refractivity contribution in [1.29, 1.82) is 0 Å². The van der Waals surface area contributed by atoms with Gasteiger partial charge >= 0.3 is 174 Å². The summed E-state index contributed by atoms with van der Waals surface area (Å²) in [6.45, 7) is 23.7. The van der Waals surface area contributed by atoms with Gasteiger partial charge in [-0.3, -0.25) is 9.89 Å². The van der Waals surface area contributed by atoms with Crippen LogP contribution in [0.1, 0.15) is 161 Å². The molecule has 0 amide bonds. The van der Waals surface area contributed by atoms with Crippen molar-refractivity contribution < 1.29 is 241 Å². The van der Waals surface area contributed by atoms with Gasteiger partial charge in [0.1, 0.15) is 28.6 Å². The Balaban J connectivity index is -0.00000135. The number of carboxylic acids is 1. The third kappa shape index (κ3) is 45.3. The molecule has 3 aromatic heterocycles. The Morgan fingerprint density at radius 2 is 0.919 bits per heavy atom. The van der Waals surface area contributed by atoms with E-state index in [9.17, 15) is 44.1 Å². The predicted octanol–water partition coefficient (Wildman–Crippen LogP) is 12.4. The number of hydrogen-bond acceptors (Lipinski definition) is 25. The van der Waals surface area contributed by atoms with Crippen molar-refractivity contribution in [3.63, 3.8) is 0 Å². The fourth-order valence-electron chi connectivity index (χ4n) is 9.39. The summed E-state index contributed by atoms with van der Waals surface area (Å²) < 4.78 is 45.5. The second-order valence-electron chi connectivity index (χ2n) is 27.2. The number of carbonyl (C=O) groups is 7. The molecule has 1 aliphatic rings. The molecule has 1 fully saturated rings. The first-order valence-corrected chi connectivity index (χ1v) is 42.8. The second kappa shape index (κ2) is 67.1.